The lowest BCUT2D eigenvalue weighted by atomic mass is 10.2. The molecule has 0 aliphatic carbocycles. The van der Waals surface area contributed by atoms with Crippen LogP contribution >= 0.6 is 11.8 Å². The topological polar surface area (TPSA) is 55.6 Å². The highest BCUT2D eigenvalue weighted by Gasteiger charge is 2.07. The number of rotatable bonds is 8. The normalized spacial score (nSPS) is 10.8. The molecule has 30 heavy (non-hydrogen) atoms. The van der Waals surface area contributed by atoms with E-state index in [4.69, 9.17) is 4.74 Å². The standard InChI is InChI=1S/C24H23N3O2S/c1-18-6-5-14-27-16-20(26-23(18)27)17-29-21-11-9-19(10-12-21)24(28)25-13-15-30-22-7-3-2-4-8-22/h2-12,14,16H,13,15,17H2,1H3,(H,25,28). The van der Waals surface area contributed by atoms with E-state index < -0.39 is 0 Å². The smallest absolute Gasteiger partial charge is 0.251 e. The first kappa shape index (κ1) is 20.0. The zero-order valence-electron chi connectivity index (χ0n) is 16.7. The first-order chi connectivity index (χ1) is 14.7. The van der Waals surface area contributed by atoms with Crippen LogP contribution in [0, 0.1) is 6.92 Å². The average Bonchev–Trinajstić information content (AvgIpc) is 3.21. The second-order valence-electron chi connectivity index (χ2n) is 6.88. The number of carbonyl (C=O) groups is 1. The van der Waals surface area contributed by atoms with Gasteiger partial charge in [0.15, 0.2) is 0 Å². The van der Waals surface area contributed by atoms with Crippen molar-refractivity contribution in [1.29, 1.82) is 0 Å². The quantitative estimate of drug-likeness (QED) is 0.332. The number of fused-ring (bicyclic) bond motifs is 1. The molecule has 1 amide bonds. The molecular formula is C24H23N3O2S. The van der Waals surface area contributed by atoms with E-state index in [0.717, 1.165) is 22.7 Å². The SMILES string of the molecule is Cc1cccn2cc(COc3ccc(C(=O)NCCSc4ccccc4)cc3)nc12. The Morgan fingerprint density at radius 3 is 2.63 bits per heavy atom. The molecule has 0 radical (unpaired) electrons. The Kier molecular flexibility index (Phi) is 6.35. The number of amides is 1. The van der Waals surface area contributed by atoms with E-state index in [0.29, 0.717) is 24.5 Å². The monoisotopic (exact) mass is 417 g/mol. The highest BCUT2D eigenvalue weighted by Crippen LogP contribution is 2.17. The minimum Gasteiger partial charge on any atom is -0.487 e. The van der Waals surface area contributed by atoms with Crippen LogP contribution in [0.25, 0.3) is 5.65 Å². The highest BCUT2D eigenvalue weighted by atomic mass is 32.2. The molecule has 6 heteroatoms. The summed E-state index contributed by atoms with van der Waals surface area (Å²) in [5.74, 6) is 1.46. The van der Waals surface area contributed by atoms with E-state index in [1.54, 1.807) is 23.9 Å². The molecule has 4 rings (SSSR count). The second kappa shape index (κ2) is 9.50. The number of aromatic nitrogens is 2. The third kappa shape index (κ3) is 5.02. The van der Waals surface area contributed by atoms with Gasteiger partial charge in [0, 0.05) is 35.2 Å². The van der Waals surface area contributed by atoms with E-state index in [1.807, 2.05) is 66.2 Å². The molecule has 0 saturated carbocycles. The van der Waals surface area contributed by atoms with E-state index >= 15 is 0 Å². The number of aryl methyl sites for hydroxylation is 1. The maximum absolute atomic E-state index is 12.3. The van der Waals surface area contributed by atoms with E-state index in [1.165, 1.54) is 4.90 Å². The summed E-state index contributed by atoms with van der Waals surface area (Å²) in [5.41, 5.74) is 3.55. The Hall–Kier alpha value is -3.25. The largest absolute Gasteiger partial charge is 0.487 e. The molecule has 0 bridgehead atoms. The third-order valence-electron chi connectivity index (χ3n) is 4.63. The summed E-state index contributed by atoms with van der Waals surface area (Å²) < 4.78 is 7.83. The van der Waals surface area contributed by atoms with Crippen molar-refractivity contribution in [1.82, 2.24) is 14.7 Å². The van der Waals surface area contributed by atoms with Gasteiger partial charge in [-0.25, -0.2) is 4.98 Å². The van der Waals surface area contributed by atoms with Gasteiger partial charge in [0.25, 0.3) is 5.91 Å². The van der Waals surface area contributed by atoms with E-state index in [2.05, 4.69) is 22.4 Å². The molecule has 1 N–H and O–H groups in total. The number of imidazole rings is 1. The predicted molar refractivity (Wildman–Crippen MR) is 120 cm³/mol. The molecule has 0 aliphatic rings. The Bertz CT molecular complexity index is 1120. The Morgan fingerprint density at radius 2 is 1.87 bits per heavy atom. The molecule has 0 atom stereocenters. The van der Waals surface area contributed by atoms with Crippen LogP contribution in [0.3, 0.4) is 0 Å². The molecule has 0 spiro atoms. The lowest BCUT2D eigenvalue weighted by molar-refractivity contribution is 0.0956. The number of carbonyl (C=O) groups excluding carboxylic acids is 1. The first-order valence-electron chi connectivity index (χ1n) is 9.81. The van der Waals surface area contributed by atoms with Crippen molar-refractivity contribution < 1.29 is 9.53 Å². The summed E-state index contributed by atoms with van der Waals surface area (Å²) in [6, 6.07) is 21.4. The number of benzene rings is 2. The molecule has 2 heterocycles. The fraction of sp³-hybridized carbons (Fsp3) is 0.167. The second-order valence-corrected chi connectivity index (χ2v) is 8.05. The number of pyridine rings is 1. The fourth-order valence-electron chi connectivity index (χ4n) is 3.09. The van der Waals surface area contributed by atoms with Crippen LogP contribution in [0.4, 0.5) is 0 Å². The third-order valence-corrected chi connectivity index (χ3v) is 5.64. The van der Waals surface area contributed by atoms with Crippen LogP contribution in [0.15, 0.2) is 84.0 Å². The predicted octanol–water partition coefficient (Wildman–Crippen LogP) is 4.74. The van der Waals surface area contributed by atoms with Gasteiger partial charge in [-0.1, -0.05) is 24.3 Å². The highest BCUT2D eigenvalue weighted by molar-refractivity contribution is 7.99. The minimum atomic E-state index is -0.0777. The van der Waals surface area contributed by atoms with Crippen LogP contribution in [0.1, 0.15) is 21.6 Å². The number of hydrogen-bond donors (Lipinski definition) is 1. The lowest BCUT2D eigenvalue weighted by Crippen LogP contribution is -2.25. The van der Waals surface area contributed by atoms with Crippen LogP contribution in [-0.4, -0.2) is 27.6 Å². The van der Waals surface area contributed by atoms with Crippen molar-refractivity contribution in [3.63, 3.8) is 0 Å². The number of nitrogens with zero attached hydrogens (tertiary/aromatic N) is 2. The number of ether oxygens (including phenoxy) is 1. The zero-order chi connectivity index (χ0) is 20.8. The van der Waals surface area contributed by atoms with Gasteiger partial charge in [0.2, 0.25) is 0 Å². The van der Waals surface area contributed by atoms with Crippen molar-refractivity contribution in [2.45, 2.75) is 18.4 Å². The van der Waals surface area contributed by atoms with Crippen LogP contribution < -0.4 is 10.1 Å². The van der Waals surface area contributed by atoms with Crippen LogP contribution in [-0.2, 0) is 6.61 Å². The van der Waals surface area contributed by atoms with Crippen LogP contribution in [0.5, 0.6) is 5.75 Å². The van der Waals surface area contributed by atoms with Gasteiger partial charge in [-0.15, -0.1) is 11.8 Å². The minimum absolute atomic E-state index is 0.0777. The molecule has 0 unspecified atom stereocenters. The average molecular weight is 418 g/mol. The zero-order valence-corrected chi connectivity index (χ0v) is 17.6. The Labute approximate surface area is 180 Å². The first-order valence-corrected chi connectivity index (χ1v) is 10.8. The van der Waals surface area contributed by atoms with Gasteiger partial charge in [-0.05, 0) is 55.0 Å². The summed E-state index contributed by atoms with van der Waals surface area (Å²) in [4.78, 5) is 18.1. The Balaban J connectivity index is 1.25. The molecule has 4 aromatic rings. The maximum Gasteiger partial charge on any atom is 0.251 e. The molecule has 0 fully saturated rings. The number of thioether (sulfide) groups is 1. The molecule has 152 valence electrons. The van der Waals surface area contributed by atoms with Gasteiger partial charge in [-0.2, -0.15) is 0 Å². The summed E-state index contributed by atoms with van der Waals surface area (Å²) in [7, 11) is 0. The van der Waals surface area contributed by atoms with Gasteiger partial charge < -0.3 is 14.5 Å². The molecule has 2 aromatic heterocycles. The van der Waals surface area contributed by atoms with Crippen molar-refractivity contribution >= 4 is 23.3 Å². The van der Waals surface area contributed by atoms with Gasteiger partial charge in [0.05, 0.1) is 5.69 Å². The molecule has 0 aliphatic heterocycles. The maximum atomic E-state index is 12.3. The molecular weight excluding hydrogens is 394 g/mol. The molecule has 5 nitrogen and oxygen atoms in total. The van der Waals surface area contributed by atoms with Crippen molar-refractivity contribution in [3.8, 4) is 5.75 Å². The molecule has 0 saturated heterocycles. The fourth-order valence-corrected chi connectivity index (χ4v) is 3.88. The van der Waals surface area contributed by atoms with E-state index in [9.17, 15) is 4.79 Å². The van der Waals surface area contributed by atoms with Crippen molar-refractivity contribution in [2.75, 3.05) is 12.3 Å². The summed E-state index contributed by atoms with van der Waals surface area (Å²) in [6.45, 7) is 3.03. The van der Waals surface area contributed by atoms with Crippen LogP contribution in [0.2, 0.25) is 0 Å². The summed E-state index contributed by atoms with van der Waals surface area (Å²) in [5, 5.41) is 2.95. The van der Waals surface area contributed by atoms with E-state index in [-0.39, 0.29) is 5.91 Å². The van der Waals surface area contributed by atoms with Gasteiger partial charge in [-0.3, -0.25) is 4.79 Å². The summed E-state index contributed by atoms with van der Waals surface area (Å²) >= 11 is 1.72. The Morgan fingerprint density at radius 1 is 1.07 bits per heavy atom. The van der Waals surface area contributed by atoms with Crippen molar-refractivity contribution in [3.05, 3.63) is 95.9 Å². The number of hydrogen-bond acceptors (Lipinski definition) is 4. The molecule has 2 aromatic carbocycles. The lowest BCUT2D eigenvalue weighted by Gasteiger charge is -2.07. The van der Waals surface area contributed by atoms with Gasteiger partial charge >= 0.3 is 0 Å². The van der Waals surface area contributed by atoms with Gasteiger partial charge in [0.1, 0.15) is 18.0 Å². The number of nitrogens with one attached hydrogen (secondary N) is 1. The summed E-state index contributed by atoms with van der Waals surface area (Å²) in [6.07, 6.45) is 3.95. The van der Waals surface area contributed by atoms with Crippen molar-refractivity contribution in [2.24, 2.45) is 0 Å².